The van der Waals surface area contributed by atoms with Crippen molar-refractivity contribution in [2.75, 3.05) is 13.1 Å². The van der Waals surface area contributed by atoms with Crippen molar-refractivity contribution in [3.63, 3.8) is 0 Å². The van der Waals surface area contributed by atoms with Gasteiger partial charge in [-0.1, -0.05) is 72.8 Å². The summed E-state index contributed by atoms with van der Waals surface area (Å²) >= 11 is 0. The Kier molecular flexibility index (Phi) is 5.65. The second-order valence-electron chi connectivity index (χ2n) is 8.57. The van der Waals surface area contributed by atoms with E-state index in [0.717, 1.165) is 32.0 Å². The van der Waals surface area contributed by atoms with Gasteiger partial charge in [0.15, 0.2) is 11.6 Å². The van der Waals surface area contributed by atoms with E-state index in [-0.39, 0.29) is 23.6 Å². The lowest BCUT2D eigenvalue weighted by Crippen LogP contribution is -2.59. The van der Waals surface area contributed by atoms with Crippen LogP contribution in [-0.4, -0.2) is 36.3 Å². The van der Waals surface area contributed by atoms with Gasteiger partial charge in [0.1, 0.15) is 0 Å². The minimum absolute atomic E-state index is 0.0376. The zero-order valence-corrected chi connectivity index (χ0v) is 17.4. The summed E-state index contributed by atoms with van der Waals surface area (Å²) in [6, 6.07) is 25.7. The molecule has 2 atom stereocenters. The van der Waals surface area contributed by atoms with E-state index >= 15 is 0 Å². The van der Waals surface area contributed by atoms with E-state index in [1.807, 2.05) is 12.1 Å². The lowest BCUT2D eigenvalue weighted by Gasteiger charge is -2.52. The standard InChI is InChI=1S/C27H26F2N2/c28-23-13-7-12-22(25(23)29)18-30-26-21-14-16-31(17-15-21)27(26)24(19-8-3-1-4-9-19)20-10-5-2-6-11-20/h1-13,18,21,24,26-27H,14-17H2/b30-18-. The summed E-state index contributed by atoms with van der Waals surface area (Å²) in [5.74, 6) is -1.03. The third-order valence-corrected chi connectivity index (χ3v) is 6.85. The van der Waals surface area contributed by atoms with Gasteiger partial charge < -0.3 is 0 Å². The molecule has 0 N–H and O–H groups in total. The molecule has 0 radical (unpaired) electrons. The molecule has 158 valence electrons. The molecule has 3 saturated heterocycles. The monoisotopic (exact) mass is 416 g/mol. The number of aliphatic imine (C=N–C) groups is 1. The Hall–Kier alpha value is -2.85. The topological polar surface area (TPSA) is 15.6 Å². The van der Waals surface area contributed by atoms with Crippen LogP contribution < -0.4 is 0 Å². The molecule has 0 aromatic heterocycles. The molecule has 31 heavy (non-hydrogen) atoms. The van der Waals surface area contributed by atoms with E-state index in [0.29, 0.717) is 5.92 Å². The maximum Gasteiger partial charge on any atom is 0.167 e. The molecule has 6 rings (SSSR count). The van der Waals surface area contributed by atoms with Gasteiger partial charge >= 0.3 is 0 Å². The van der Waals surface area contributed by atoms with Crippen molar-refractivity contribution >= 4 is 6.21 Å². The largest absolute Gasteiger partial charge is 0.297 e. The highest BCUT2D eigenvalue weighted by Gasteiger charge is 2.46. The predicted molar refractivity (Wildman–Crippen MR) is 121 cm³/mol. The molecule has 3 aliphatic heterocycles. The van der Waals surface area contributed by atoms with E-state index < -0.39 is 11.6 Å². The number of nitrogens with zero attached hydrogens (tertiary/aromatic N) is 2. The molecule has 0 saturated carbocycles. The van der Waals surface area contributed by atoms with Gasteiger partial charge in [0, 0.05) is 23.7 Å². The quantitative estimate of drug-likeness (QED) is 0.489. The average Bonchev–Trinajstić information content (AvgIpc) is 2.83. The molecule has 4 heteroatoms. The molecular weight excluding hydrogens is 390 g/mol. The second kappa shape index (κ2) is 8.72. The Balaban J connectivity index is 1.56. The summed E-state index contributed by atoms with van der Waals surface area (Å²) in [7, 11) is 0. The van der Waals surface area contributed by atoms with Crippen molar-refractivity contribution in [1.82, 2.24) is 4.90 Å². The molecule has 0 aliphatic carbocycles. The lowest BCUT2D eigenvalue weighted by atomic mass is 9.71. The van der Waals surface area contributed by atoms with Crippen LogP contribution in [0.4, 0.5) is 8.78 Å². The first kappa shape index (κ1) is 20.1. The van der Waals surface area contributed by atoms with Crippen LogP contribution in [0.2, 0.25) is 0 Å². The minimum atomic E-state index is -0.833. The Morgan fingerprint density at radius 2 is 1.42 bits per heavy atom. The van der Waals surface area contributed by atoms with E-state index in [2.05, 4.69) is 53.4 Å². The fourth-order valence-corrected chi connectivity index (χ4v) is 5.37. The van der Waals surface area contributed by atoms with Gasteiger partial charge in [-0.3, -0.25) is 9.89 Å². The molecular formula is C27H26F2N2. The minimum Gasteiger partial charge on any atom is -0.297 e. The molecule has 2 nitrogen and oxygen atoms in total. The van der Waals surface area contributed by atoms with Crippen LogP contribution in [0.25, 0.3) is 0 Å². The van der Waals surface area contributed by atoms with Crippen LogP contribution in [0.15, 0.2) is 83.9 Å². The summed E-state index contributed by atoms with van der Waals surface area (Å²) in [6.45, 7) is 2.12. The molecule has 0 spiro atoms. The smallest absolute Gasteiger partial charge is 0.167 e. The average molecular weight is 417 g/mol. The summed E-state index contributed by atoms with van der Waals surface area (Å²) in [6.07, 6.45) is 3.74. The van der Waals surface area contributed by atoms with Crippen LogP contribution in [-0.2, 0) is 0 Å². The first-order valence-corrected chi connectivity index (χ1v) is 11.0. The number of benzene rings is 3. The maximum atomic E-state index is 14.3. The molecule has 3 aliphatic rings. The normalized spacial score (nSPS) is 25.4. The molecule has 0 amide bonds. The number of halogens is 2. The van der Waals surface area contributed by atoms with E-state index in [1.165, 1.54) is 17.2 Å². The van der Waals surface area contributed by atoms with Gasteiger partial charge in [-0.25, -0.2) is 8.78 Å². The fourth-order valence-electron chi connectivity index (χ4n) is 5.37. The van der Waals surface area contributed by atoms with Crippen LogP contribution in [0.1, 0.15) is 35.4 Å². The van der Waals surface area contributed by atoms with Crippen LogP contribution in [0.5, 0.6) is 0 Å². The van der Waals surface area contributed by atoms with Crippen LogP contribution >= 0.6 is 0 Å². The zero-order valence-electron chi connectivity index (χ0n) is 17.4. The van der Waals surface area contributed by atoms with Crippen molar-refractivity contribution < 1.29 is 8.78 Å². The molecule has 3 aromatic carbocycles. The lowest BCUT2D eigenvalue weighted by molar-refractivity contribution is 0.0215. The zero-order chi connectivity index (χ0) is 21.2. The highest BCUT2D eigenvalue weighted by atomic mass is 19.2. The van der Waals surface area contributed by atoms with Gasteiger partial charge in [0.2, 0.25) is 0 Å². The first-order valence-electron chi connectivity index (χ1n) is 11.0. The molecule has 3 heterocycles. The highest BCUT2D eigenvalue weighted by molar-refractivity contribution is 5.80. The van der Waals surface area contributed by atoms with E-state index in [9.17, 15) is 8.78 Å². The van der Waals surface area contributed by atoms with Gasteiger partial charge in [-0.15, -0.1) is 0 Å². The number of hydrogen-bond donors (Lipinski definition) is 0. The fraction of sp³-hybridized carbons (Fsp3) is 0.296. The third kappa shape index (κ3) is 3.92. The number of rotatable bonds is 5. The summed E-state index contributed by atoms with van der Waals surface area (Å²) in [4.78, 5) is 7.47. The molecule has 3 aromatic rings. The number of fused-ring (bicyclic) bond motifs is 3. The SMILES string of the molecule is Fc1cccc(/C=N\C2C3CCN(CC3)C2C(c2ccccc2)c2ccccc2)c1F. The Labute approximate surface area is 182 Å². The Morgan fingerprint density at radius 3 is 2.03 bits per heavy atom. The highest BCUT2D eigenvalue weighted by Crippen LogP contribution is 2.43. The van der Waals surface area contributed by atoms with Crippen molar-refractivity contribution in [2.45, 2.75) is 30.8 Å². The van der Waals surface area contributed by atoms with Crippen molar-refractivity contribution in [2.24, 2.45) is 10.9 Å². The van der Waals surface area contributed by atoms with Gasteiger partial charge in [0.05, 0.1) is 6.04 Å². The van der Waals surface area contributed by atoms with E-state index in [1.54, 1.807) is 12.3 Å². The van der Waals surface area contributed by atoms with Crippen molar-refractivity contribution in [3.8, 4) is 0 Å². The first-order chi connectivity index (χ1) is 15.2. The van der Waals surface area contributed by atoms with Gasteiger partial charge in [-0.05, 0) is 49.0 Å². The second-order valence-corrected chi connectivity index (χ2v) is 8.57. The molecule has 3 fully saturated rings. The van der Waals surface area contributed by atoms with Crippen molar-refractivity contribution in [1.29, 1.82) is 0 Å². The number of hydrogen-bond acceptors (Lipinski definition) is 2. The number of piperidine rings is 3. The Bertz CT molecular complexity index is 1000. The predicted octanol–water partition coefficient (Wildman–Crippen LogP) is 5.68. The molecule has 2 unspecified atom stereocenters. The van der Waals surface area contributed by atoms with E-state index in [4.69, 9.17) is 4.99 Å². The van der Waals surface area contributed by atoms with Crippen LogP contribution in [0.3, 0.4) is 0 Å². The summed E-state index contributed by atoms with van der Waals surface area (Å²) in [5, 5.41) is 0. The Morgan fingerprint density at radius 1 is 0.806 bits per heavy atom. The summed E-state index contributed by atoms with van der Waals surface area (Å²) < 4.78 is 28.0. The van der Waals surface area contributed by atoms with Crippen molar-refractivity contribution in [3.05, 3.63) is 107 Å². The third-order valence-electron chi connectivity index (χ3n) is 6.85. The maximum absolute atomic E-state index is 14.3. The summed E-state index contributed by atoms with van der Waals surface area (Å²) in [5.41, 5.74) is 2.75. The molecule has 2 bridgehead atoms. The van der Waals surface area contributed by atoms with Gasteiger partial charge in [-0.2, -0.15) is 0 Å². The van der Waals surface area contributed by atoms with Crippen LogP contribution in [0, 0.1) is 17.6 Å². The van der Waals surface area contributed by atoms with Gasteiger partial charge in [0.25, 0.3) is 0 Å².